The highest BCUT2D eigenvalue weighted by Crippen LogP contribution is 2.34. The second-order valence-electron chi connectivity index (χ2n) is 13.1. The van der Waals surface area contributed by atoms with Crippen molar-refractivity contribution in [3.05, 3.63) is 106 Å². The van der Waals surface area contributed by atoms with Crippen LogP contribution in [-0.2, 0) is 13.0 Å². The van der Waals surface area contributed by atoms with Crippen molar-refractivity contribution in [1.82, 2.24) is 25.1 Å². The van der Waals surface area contributed by atoms with Crippen LogP contribution in [0.2, 0.25) is 0 Å². The van der Waals surface area contributed by atoms with Gasteiger partial charge in [0.05, 0.1) is 43.2 Å². The molecule has 0 aliphatic heterocycles. The Hall–Kier alpha value is -5.70. The van der Waals surface area contributed by atoms with Crippen LogP contribution in [0, 0.1) is 24.6 Å². The van der Waals surface area contributed by atoms with Gasteiger partial charge in [0.1, 0.15) is 5.75 Å². The molecule has 296 valence electrons. The zero-order valence-electron chi connectivity index (χ0n) is 31.6. The van der Waals surface area contributed by atoms with Crippen LogP contribution >= 0.6 is 22.7 Å². The molecule has 0 fully saturated rings. The first-order chi connectivity index (χ1) is 27.6. The summed E-state index contributed by atoms with van der Waals surface area (Å²) < 4.78 is 26.9. The Balaban J connectivity index is 1.08. The summed E-state index contributed by atoms with van der Waals surface area (Å²) in [4.78, 5) is 25.6. The molecule has 3 heterocycles. The lowest BCUT2D eigenvalue weighted by Gasteiger charge is -2.22. The molecule has 16 heteroatoms. The van der Waals surface area contributed by atoms with Gasteiger partial charge in [-0.2, -0.15) is 0 Å². The van der Waals surface area contributed by atoms with Gasteiger partial charge in [0, 0.05) is 23.5 Å². The van der Waals surface area contributed by atoms with E-state index in [1.165, 1.54) is 34.8 Å². The lowest BCUT2D eigenvalue weighted by atomic mass is 10.2. The number of thiazole rings is 2. The maximum absolute atomic E-state index is 15.0. The van der Waals surface area contributed by atoms with Crippen LogP contribution < -0.4 is 19.7 Å². The fraction of sp³-hybridized carbons (Fsp3) is 0.293. The van der Waals surface area contributed by atoms with Crippen LogP contribution in [0.5, 0.6) is 11.5 Å². The molecule has 0 radical (unpaired) electrons. The lowest BCUT2D eigenvalue weighted by Crippen LogP contribution is -2.25. The Bertz CT molecular complexity index is 2330. The standard InChI is InChI=1S/C41H42FN7O6S2/c1-26-22-36(46-47-38(26)45-40-43-32-9-4-5-10-34(32)56-40)49(20-18-29(51)25-50)41-44-37(39(52)53)35(57-41)11-7-21-55-33-17-14-27(23-31(33)42)8-6-19-48(2)24-28-12-15-30(54-3)16-13-28/h4-5,9-10,12-17,22-23,29,50-51H,7,11,18-21,24-25H2,1-3H3,(H,52,53)(H,43,45,47). The third kappa shape index (κ3) is 11.0. The van der Waals surface area contributed by atoms with Crippen LogP contribution in [0.25, 0.3) is 10.2 Å². The molecule has 0 aliphatic rings. The molecule has 0 spiro atoms. The first-order valence-electron chi connectivity index (χ1n) is 18.1. The number of carbonyl (C=O) groups is 1. The number of para-hydroxylation sites is 1. The number of aliphatic hydroxyl groups is 2. The number of hydrogen-bond acceptors (Lipinski definition) is 14. The summed E-state index contributed by atoms with van der Waals surface area (Å²) in [5.41, 5.74) is 3.15. The van der Waals surface area contributed by atoms with E-state index < -0.39 is 24.5 Å². The summed E-state index contributed by atoms with van der Waals surface area (Å²) in [5.74, 6) is 6.11. The number of rotatable bonds is 18. The summed E-state index contributed by atoms with van der Waals surface area (Å²) in [6.07, 6.45) is -0.156. The van der Waals surface area contributed by atoms with E-state index >= 15 is 0 Å². The number of nitrogens with one attached hydrogen (secondary N) is 1. The van der Waals surface area contributed by atoms with Crippen LogP contribution in [0.3, 0.4) is 0 Å². The average molecular weight is 812 g/mol. The molecule has 3 aromatic carbocycles. The van der Waals surface area contributed by atoms with E-state index in [1.54, 1.807) is 24.1 Å². The number of nitrogens with zero attached hydrogens (tertiary/aromatic N) is 6. The van der Waals surface area contributed by atoms with Crippen molar-refractivity contribution in [2.45, 2.75) is 38.8 Å². The monoisotopic (exact) mass is 811 g/mol. The zero-order chi connectivity index (χ0) is 40.3. The minimum absolute atomic E-state index is 0.0734. The molecule has 0 saturated carbocycles. The van der Waals surface area contributed by atoms with Gasteiger partial charge in [-0.15, -0.1) is 21.5 Å². The Morgan fingerprint density at radius 1 is 1.05 bits per heavy atom. The maximum Gasteiger partial charge on any atom is 0.355 e. The molecule has 0 aliphatic carbocycles. The van der Waals surface area contributed by atoms with E-state index in [-0.39, 0.29) is 31.0 Å². The highest BCUT2D eigenvalue weighted by molar-refractivity contribution is 7.22. The van der Waals surface area contributed by atoms with E-state index in [0.717, 1.165) is 27.1 Å². The van der Waals surface area contributed by atoms with Gasteiger partial charge in [-0.25, -0.2) is 19.2 Å². The molecule has 4 N–H and O–H groups in total. The van der Waals surface area contributed by atoms with Gasteiger partial charge < -0.3 is 35.0 Å². The SMILES string of the molecule is COc1ccc(CN(C)CC#Cc2ccc(OCCCc3sc(N(CCC(O)CO)c4cc(C)c(Nc5nc6ccccc6s5)nn4)nc3C(=O)O)c(F)c2)cc1. The molecular formula is C41H42FN7O6S2. The first kappa shape index (κ1) is 40.9. The Kier molecular flexibility index (Phi) is 14.0. The van der Waals surface area contributed by atoms with Gasteiger partial charge in [-0.1, -0.05) is 47.4 Å². The van der Waals surface area contributed by atoms with E-state index in [0.29, 0.717) is 58.3 Å². The van der Waals surface area contributed by atoms with Gasteiger partial charge in [-0.3, -0.25) is 4.90 Å². The quantitative estimate of drug-likeness (QED) is 0.0529. The molecule has 13 nitrogen and oxygen atoms in total. The number of benzene rings is 3. The molecule has 0 amide bonds. The van der Waals surface area contributed by atoms with Gasteiger partial charge in [-0.05, 0) is 92.9 Å². The molecule has 0 bridgehead atoms. The van der Waals surface area contributed by atoms with Crippen molar-refractivity contribution in [2.24, 2.45) is 0 Å². The second kappa shape index (κ2) is 19.4. The number of halogens is 1. The number of aliphatic hydroxyl groups excluding tert-OH is 2. The zero-order valence-corrected chi connectivity index (χ0v) is 33.2. The number of aryl methyl sites for hydroxylation is 2. The van der Waals surface area contributed by atoms with Crippen molar-refractivity contribution < 1.29 is 34.0 Å². The summed E-state index contributed by atoms with van der Waals surface area (Å²) in [7, 11) is 3.59. The molecule has 57 heavy (non-hydrogen) atoms. The first-order valence-corrected chi connectivity index (χ1v) is 19.7. The Morgan fingerprint density at radius 2 is 1.86 bits per heavy atom. The Morgan fingerprint density at radius 3 is 2.58 bits per heavy atom. The van der Waals surface area contributed by atoms with Crippen LogP contribution in [0.4, 0.5) is 26.3 Å². The second-order valence-corrected chi connectivity index (χ2v) is 15.2. The van der Waals surface area contributed by atoms with Crippen LogP contribution in [-0.4, -0.2) is 92.9 Å². The van der Waals surface area contributed by atoms with Crippen LogP contribution in [0.15, 0.2) is 72.8 Å². The number of aromatic carboxylic acids is 1. The van der Waals surface area contributed by atoms with Gasteiger partial charge >= 0.3 is 5.97 Å². The predicted molar refractivity (Wildman–Crippen MR) is 220 cm³/mol. The van der Waals surface area contributed by atoms with Crippen molar-refractivity contribution in [1.29, 1.82) is 0 Å². The fourth-order valence-corrected chi connectivity index (χ4v) is 7.70. The number of carboxylic acids is 1. The minimum atomic E-state index is -1.20. The molecular weight excluding hydrogens is 770 g/mol. The highest BCUT2D eigenvalue weighted by Gasteiger charge is 2.24. The molecule has 3 aromatic heterocycles. The average Bonchev–Trinajstić information content (AvgIpc) is 3.82. The van der Waals surface area contributed by atoms with E-state index in [2.05, 4.69) is 42.2 Å². The van der Waals surface area contributed by atoms with E-state index in [9.17, 15) is 24.5 Å². The van der Waals surface area contributed by atoms with Crippen molar-refractivity contribution in [3.8, 4) is 23.3 Å². The van der Waals surface area contributed by atoms with Gasteiger partial charge in [0.25, 0.3) is 0 Å². The van der Waals surface area contributed by atoms with Crippen molar-refractivity contribution in [2.75, 3.05) is 50.7 Å². The predicted octanol–water partition coefficient (Wildman–Crippen LogP) is 6.82. The summed E-state index contributed by atoms with van der Waals surface area (Å²) in [6, 6.07) is 22.0. The summed E-state index contributed by atoms with van der Waals surface area (Å²) >= 11 is 2.66. The number of anilines is 4. The van der Waals surface area contributed by atoms with Crippen LogP contribution in [0.1, 0.15) is 44.9 Å². The number of fused-ring (bicyclic) bond motifs is 1. The third-order valence-electron chi connectivity index (χ3n) is 8.71. The number of ether oxygens (including phenoxy) is 2. The maximum atomic E-state index is 15.0. The lowest BCUT2D eigenvalue weighted by molar-refractivity contribution is 0.0690. The fourth-order valence-electron chi connectivity index (χ4n) is 5.71. The highest BCUT2D eigenvalue weighted by atomic mass is 32.1. The summed E-state index contributed by atoms with van der Waals surface area (Å²) in [6.45, 7) is 2.93. The molecule has 6 aromatic rings. The summed E-state index contributed by atoms with van der Waals surface area (Å²) in [5, 5.41) is 42.7. The number of methoxy groups -OCH3 is 1. The third-order valence-corrected chi connectivity index (χ3v) is 10.8. The largest absolute Gasteiger partial charge is 0.497 e. The molecule has 1 unspecified atom stereocenters. The van der Waals surface area contributed by atoms with Gasteiger partial charge in [0.15, 0.2) is 39.2 Å². The van der Waals surface area contributed by atoms with Crippen molar-refractivity contribution >= 4 is 60.8 Å². The normalized spacial score (nSPS) is 11.6. The van der Waals surface area contributed by atoms with Crippen molar-refractivity contribution in [3.63, 3.8) is 0 Å². The number of carboxylic acid groups (broad SMARTS) is 1. The molecule has 0 saturated heterocycles. The van der Waals surface area contributed by atoms with E-state index in [1.807, 2.05) is 62.5 Å². The topological polar surface area (TPSA) is 166 Å². The Labute approximate surface area is 337 Å². The molecule has 1 atom stereocenters. The minimum Gasteiger partial charge on any atom is -0.497 e. The number of aromatic nitrogens is 4. The van der Waals surface area contributed by atoms with Gasteiger partial charge in [0.2, 0.25) is 0 Å². The molecule has 6 rings (SSSR count). The smallest absolute Gasteiger partial charge is 0.355 e. The number of hydrogen-bond donors (Lipinski definition) is 4. The van der Waals surface area contributed by atoms with E-state index in [4.69, 9.17) is 9.47 Å².